The molecule has 0 heterocycles. The normalized spacial score (nSPS) is 10.8. The SMILES string of the molecule is [C-]#[N+]C(Cl)(Cl)c1ccc(Cl)cc1. The van der Waals surface area contributed by atoms with Crippen molar-refractivity contribution in [3.63, 3.8) is 0 Å². The second kappa shape index (κ2) is 3.53. The van der Waals surface area contributed by atoms with Crippen LogP contribution in [0.15, 0.2) is 24.3 Å². The Kier molecular flexibility index (Phi) is 2.85. The highest BCUT2D eigenvalue weighted by molar-refractivity contribution is 6.49. The zero-order chi connectivity index (χ0) is 9.19. The molecule has 4 heteroatoms. The van der Waals surface area contributed by atoms with Crippen LogP contribution in [-0.4, -0.2) is 0 Å². The maximum absolute atomic E-state index is 6.72. The average Bonchev–Trinajstić information content (AvgIpc) is 2.05. The standard InChI is InChI=1S/C8H4Cl3N/c1-12-8(10,11)6-2-4-7(9)5-3-6/h2-5H. The minimum Gasteiger partial charge on any atom is -0.271 e. The molecule has 1 nitrogen and oxygen atoms in total. The maximum atomic E-state index is 6.72. The van der Waals surface area contributed by atoms with E-state index in [1.54, 1.807) is 24.3 Å². The Labute approximate surface area is 85.7 Å². The summed E-state index contributed by atoms with van der Waals surface area (Å²) in [7, 11) is 0. The molecule has 0 atom stereocenters. The first kappa shape index (κ1) is 9.67. The van der Waals surface area contributed by atoms with Crippen molar-refractivity contribution in [3.05, 3.63) is 46.3 Å². The Balaban J connectivity index is 3.07. The average molecular weight is 220 g/mol. The van der Waals surface area contributed by atoms with Crippen molar-refractivity contribution in [2.75, 3.05) is 0 Å². The number of alkyl halides is 2. The summed E-state index contributed by atoms with van der Waals surface area (Å²) >= 11 is 17.0. The molecule has 0 aliphatic carbocycles. The molecular formula is C8H4Cl3N. The van der Waals surface area contributed by atoms with Crippen molar-refractivity contribution in [2.24, 2.45) is 0 Å². The molecule has 12 heavy (non-hydrogen) atoms. The van der Waals surface area contributed by atoms with Gasteiger partial charge in [-0.15, -0.1) is 0 Å². The van der Waals surface area contributed by atoms with Crippen LogP contribution in [0.5, 0.6) is 0 Å². The second-order valence-corrected chi connectivity index (χ2v) is 3.88. The summed E-state index contributed by atoms with van der Waals surface area (Å²) in [6.45, 7) is 6.72. The highest BCUT2D eigenvalue weighted by atomic mass is 35.5. The third-order valence-corrected chi connectivity index (χ3v) is 2.19. The van der Waals surface area contributed by atoms with Gasteiger partial charge in [0.05, 0.1) is 5.56 Å². The Hall–Kier alpha value is -0.420. The lowest BCUT2D eigenvalue weighted by atomic mass is 10.2. The zero-order valence-electron chi connectivity index (χ0n) is 5.89. The molecule has 0 N–H and O–H groups in total. The van der Waals surface area contributed by atoms with Crippen molar-refractivity contribution >= 4 is 34.8 Å². The number of benzene rings is 1. The molecule has 1 aromatic rings. The van der Waals surface area contributed by atoms with Gasteiger partial charge in [-0.3, -0.25) is 4.85 Å². The lowest BCUT2D eigenvalue weighted by Gasteiger charge is -2.04. The summed E-state index contributed by atoms with van der Waals surface area (Å²) in [5.41, 5.74) is 0.533. The quantitative estimate of drug-likeness (QED) is 0.385. The molecule has 0 saturated heterocycles. The van der Waals surface area contributed by atoms with Crippen LogP contribution in [0.25, 0.3) is 4.85 Å². The van der Waals surface area contributed by atoms with Gasteiger partial charge in [-0.2, -0.15) is 0 Å². The van der Waals surface area contributed by atoms with E-state index in [0.29, 0.717) is 10.6 Å². The van der Waals surface area contributed by atoms with Crippen LogP contribution in [-0.2, 0) is 4.46 Å². The summed E-state index contributed by atoms with van der Waals surface area (Å²) < 4.78 is -1.50. The fourth-order valence-electron chi connectivity index (χ4n) is 0.715. The fourth-order valence-corrected chi connectivity index (χ4v) is 1.09. The molecule has 62 valence electrons. The van der Waals surface area contributed by atoms with E-state index in [1.807, 2.05) is 0 Å². The Morgan fingerprint density at radius 1 is 1.17 bits per heavy atom. The molecule has 0 amide bonds. The van der Waals surface area contributed by atoms with Crippen molar-refractivity contribution in [1.82, 2.24) is 0 Å². The molecule has 0 aromatic heterocycles. The summed E-state index contributed by atoms with van der Waals surface area (Å²) in [6.07, 6.45) is 0. The van der Waals surface area contributed by atoms with Gasteiger partial charge in [-0.1, -0.05) is 11.6 Å². The molecule has 1 aromatic carbocycles. The van der Waals surface area contributed by atoms with E-state index in [1.165, 1.54) is 0 Å². The first-order valence-electron chi connectivity index (χ1n) is 3.09. The van der Waals surface area contributed by atoms with E-state index in [0.717, 1.165) is 0 Å². The number of rotatable bonds is 1. The van der Waals surface area contributed by atoms with Crippen LogP contribution in [0, 0.1) is 6.57 Å². The van der Waals surface area contributed by atoms with Gasteiger partial charge < -0.3 is 0 Å². The van der Waals surface area contributed by atoms with E-state index < -0.39 is 4.46 Å². The van der Waals surface area contributed by atoms with Gasteiger partial charge in [0.25, 0.3) is 0 Å². The maximum Gasteiger partial charge on any atom is 0.408 e. The largest absolute Gasteiger partial charge is 0.408 e. The first-order chi connectivity index (χ1) is 5.56. The van der Waals surface area contributed by atoms with Crippen molar-refractivity contribution in [3.8, 4) is 0 Å². The third-order valence-electron chi connectivity index (χ3n) is 1.33. The summed E-state index contributed by atoms with van der Waals surface area (Å²) in [5, 5.41) is 0.591. The Morgan fingerprint density at radius 2 is 1.67 bits per heavy atom. The fraction of sp³-hybridized carbons (Fsp3) is 0.125. The van der Waals surface area contributed by atoms with Gasteiger partial charge in [-0.05, 0) is 47.5 Å². The molecule has 0 unspecified atom stereocenters. The van der Waals surface area contributed by atoms with Crippen molar-refractivity contribution in [1.29, 1.82) is 0 Å². The van der Waals surface area contributed by atoms with Gasteiger partial charge in [0, 0.05) is 5.02 Å². The summed E-state index contributed by atoms with van der Waals surface area (Å²) in [4.78, 5) is 3.06. The van der Waals surface area contributed by atoms with Crippen molar-refractivity contribution in [2.45, 2.75) is 4.46 Å². The summed E-state index contributed by atoms with van der Waals surface area (Å²) in [6, 6.07) is 6.53. The number of hydrogen-bond donors (Lipinski definition) is 0. The van der Waals surface area contributed by atoms with Gasteiger partial charge >= 0.3 is 4.46 Å². The van der Waals surface area contributed by atoms with Crippen LogP contribution >= 0.6 is 34.8 Å². The van der Waals surface area contributed by atoms with Gasteiger partial charge in [0.1, 0.15) is 0 Å². The number of hydrogen-bond acceptors (Lipinski definition) is 0. The Bertz CT molecular complexity index is 310. The molecule has 0 aliphatic rings. The van der Waals surface area contributed by atoms with E-state index in [2.05, 4.69) is 4.85 Å². The van der Waals surface area contributed by atoms with E-state index in [-0.39, 0.29) is 0 Å². The smallest absolute Gasteiger partial charge is 0.271 e. The van der Waals surface area contributed by atoms with Crippen LogP contribution in [0.2, 0.25) is 5.02 Å². The van der Waals surface area contributed by atoms with Crippen LogP contribution in [0.4, 0.5) is 0 Å². The molecule has 0 saturated carbocycles. The minimum atomic E-state index is -1.50. The molecule has 0 aliphatic heterocycles. The van der Waals surface area contributed by atoms with Crippen LogP contribution in [0.3, 0.4) is 0 Å². The summed E-state index contributed by atoms with van der Waals surface area (Å²) in [5.74, 6) is 0. The number of nitrogens with zero attached hydrogens (tertiary/aromatic N) is 1. The number of halogens is 3. The Morgan fingerprint density at radius 3 is 2.08 bits per heavy atom. The molecule has 0 radical (unpaired) electrons. The minimum absolute atomic E-state index is 0.533. The second-order valence-electron chi connectivity index (χ2n) is 2.16. The molecule has 0 bridgehead atoms. The monoisotopic (exact) mass is 219 g/mol. The molecular weight excluding hydrogens is 216 g/mol. The lowest BCUT2D eigenvalue weighted by molar-refractivity contribution is 1.09. The van der Waals surface area contributed by atoms with Crippen LogP contribution < -0.4 is 0 Å². The van der Waals surface area contributed by atoms with E-state index >= 15 is 0 Å². The van der Waals surface area contributed by atoms with Gasteiger partial charge in [0.2, 0.25) is 0 Å². The predicted molar refractivity (Wildman–Crippen MR) is 51.4 cm³/mol. The van der Waals surface area contributed by atoms with Gasteiger partial charge in [-0.25, -0.2) is 6.57 Å². The predicted octanol–water partition coefficient (Wildman–Crippen LogP) is 3.85. The van der Waals surface area contributed by atoms with E-state index in [4.69, 9.17) is 41.4 Å². The molecule has 1 rings (SSSR count). The lowest BCUT2D eigenvalue weighted by Crippen LogP contribution is -2.02. The van der Waals surface area contributed by atoms with Crippen LogP contribution in [0.1, 0.15) is 5.56 Å². The van der Waals surface area contributed by atoms with E-state index in [9.17, 15) is 0 Å². The third kappa shape index (κ3) is 2.04. The highest BCUT2D eigenvalue weighted by Gasteiger charge is 2.32. The van der Waals surface area contributed by atoms with Crippen molar-refractivity contribution < 1.29 is 0 Å². The zero-order valence-corrected chi connectivity index (χ0v) is 8.16. The van der Waals surface area contributed by atoms with Gasteiger partial charge in [0.15, 0.2) is 0 Å². The molecule has 0 fully saturated rings. The first-order valence-corrected chi connectivity index (χ1v) is 4.22. The topological polar surface area (TPSA) is 4.36 Å². The molecule has 0 spiro atoms. The highest BCUT2D eigenvalue weighted by Crippen LogP contribution is 2.35.